The van der Waals surface area contributed by atoms with Crippen molar-refractivity contribution in [2.45, 2.75) is 52.5 Å². The van der Waals surface area contributed by atoms with Crippen molar-refractivity contribution < 1.29 is 4.79 Å². The van der Waals surface area contributed by atoms with Gasteiger partial charge in [0.05, 0.1) is 0 Å². The molecule has 0 aliphatic carbocycles. The summed E-state index contributed by atoms with van der Waals surface area (Å²) in [5.41, 5.74) is 7.50. The minimum absolute atomic E-state index is 0.243. The highest BCUT2D eigenvalue weighted by Crippen LogP contribution is 2.27. The van der Waals surface area contributed by atoms with E-state index in [4.69, 9.17) is 11.6 Å². The highest BCUT2D eigenvalue weighted by Gasteiger charge is 2.28. The first-order valence-corrected chi connectivity index (χ1v) is 6.43. The second-order valence-electron chi connectivity index (χ2n) is 6.38. The Morgan fingerprint density at radius 1 is 1.10 bits per heavy atom. The van der Waals surface area contributed by atoms with Crippen molar-refractivity contribution >= 4 is 17.5 Å². The van der Waals surface area contributed by atoms with Gasteiger partial charge in [-0.3, -0.25) is 4.79 Å². The monoisotopic (exact) mass is 280 g/mol. The van der Waals surface area contributed by atoms with Crippen molar-refractivity contribution in [2.24, 2.45) is 11.6 Å². The zero-order valence-corrected chi connectivity index (χ0v) is 13.0. The highest BCUT2D eigenvalue weighted by atomic mass is 16.1. The maximum atomic E-state index is 11.4. The number of nitrogens with one attached hydrogen (secondary N) is 2. The normalized spacial score (nSPS) is 12.2. The maximum Gasteiger partial charge on any atom is 0.242 e. The lowest BCUT2D eigenvalue weighted by atomic mass is 9.95. The molecule has 112 valence electrons. The Bertz CT molecular complexity index is 518. The van der Waals surface area contributed by atoms with Gasteiger partial charge in [-0.05, 0) is 20.8 Å². The van der Waals surface area contributed by atoms with Crippen molar-refractivity contribution in [1.82, 2.24) is 9.97 Å². The summed E-state index contributed by atoms with van der Waals surface area (Å²) in [6.45, 7) is 11.2. The largest absolute Gasteiger partial charge is 0.368 e. The fourth-order valence-corrected chi connectivity index (χ4v) is 1.47. The van der Waals surface area contributed by atoms with E-state index in [0.29, 0.717) is 17.5 Å². The van der Waals surface area contributed by atoms with Crippen LogP contribution in [0, 0.1) is 6.92 Å². The molecule has 0 unspecified atom stereocenters. The van der Waals surface area contributed by atoms with Crippen LogP contribution in [0.2, 0.25) is 0 Å². The van der Waals surface area contributed by atoms with Gasteiger partial charge in [-0.25, -0.2) is 15.8 Å². The van der Waals surface area contributed by atoms with Crippen molar-refractivity contribution in [3.8, 4) is 0 Å². The molecule has 1 aromatic rings. The molecule has 0 spiro atoms. The molecule has 0 saturated carbocycles. The van der Waals surface area contributed by atoms with Gasteiger partial charge in [0.1, 0.15) is 23.0 Å². The molecule has 0 aromatic carbocycles. The van der Waals surface area contributed by atoms with Crippen LogP contribution in [0.25, 0.3) is 0 Å². The van der Waals surface area contributed by atoms with Gasteiger partial charge in [0.25, 0.3) is 0 Å². The number of hydrogen-bond donors (Lipinski definition) is 4. The molecule has 1 heterocycles. The van der Waals surface area contributed by atoms with Crippen molar-refractivity contribution in [1.29, 1.82) is 0 Å². The molecule has 1 rings (SSSR count). The highest BCUT2D eigenvalue weighted by molar-refractivity contribution is 5.87. The van der Waals surface area contributed by atoms with Gasteiger partial charge in [0, 0.05) is 11.0 Å². The molecule has 0 radical (unpaired) electrons. The van der Waals surface area contributed by atoms with Crippen LogP contribution in [0.5, 0.6) is 0 Å². The minimum Gasteiger partial charge on any atom is -0.368 e. The molecule has 1 amide bonds. The number of nitrogen functional groups attached to an aromatic ring is 1. The van der Waals surface area contributed by atoms with Gasteiger partial charge in [-0.2, -0.15) is 0 Å². The van der Waals surface area contributed by atoms with Crippen LogP contribution in [0.4, 0.5) is 11.6 Å². The number of aromatic nitrogens is 2. The zero-order chi connectivity index (χ0) is 15.7. The number of anilines is 2. The Morgan fingerprint density at radius 3 is 2.00 bits per heavy atom. The molecule has 7 nitrogen and oxygen atoms in total. The molecular weight excluding hydrogens is 256 g/mol. The average molecular weight is 280 g/mol. The molecule has 0 fully saturated rings. The van der Waals surface area contributed by atoms with Crippen LogP contribution in [0.3, 0.4) is 0 Å². The first kappa shape index (κ1) is 16.2. The number of rotatable bonds is 4. The summed E-state index contributed by atoms with van der Waals surface area (Å²) in [7, 11) is 0. The van der Waals surface area contributed by atoms with Crippen molar-refractivity contribution in [3.05, 3.63) is 11.4 Å². The van der Waals surface area contributed by atoms with E-state index in [0.717, 1.165) is 5.56 Å². The predicted molar refractivity (Wildman–Crippen MR) is 80.2 cm³/mol. The van der Waals surface area contributed by atoms with Crippen molar-refractivity contribution in [3.63, 3.8) is 0 Å². The Morgan fingerprint density at radius 2 is 1.60 bits per heavy atom. The summed E-state index contributed by atoms with van der Waals surface area (Å²) in [5.74, 6) is 6.72. The number of hydrogen-bond acceptors (Lipinski definition) is 6. The summed E-state index contributed by atoms with van der Waals surface area (Å²) in [6, 6.07) is 0. The van der Waals surface area contributed by atoms with Gasteiger partial charge >= 0.3 is 0 Å². The number of hydrazine groups is 1. The lowest BCUT2D eigenvalue weighted by Crippen LogP contribution is -2.45. The summed E-state index contributed by atoms with van der Waals surface area (Å²) < 4.78 is 0. The van der Waals surface area contributed by atoms with Crippen molar-refractivity contribution in [2.75, 3.05) is 10.7 Å². The van der Waals surface area contributed by atoms with Crippen LogP contribution in [0.1, 0.15) is 46.0 Å². The van der Waals surface area contributed by atoms with Gasteiger partial charge in [-0.1, -0.05) is 20.8 Å². The SMILES string of the molecule is Cc1c(NN)nc(C(C)(C)C)nc1NC(C)(C)C(N)=O. The Balaban J connectivity index is 3.35. The fraction of sp³-hybridized carbons (Fsp3) is 0.615. The molecule has 0 aliphatic rings. The lowest BCUT2D eigenvalue weighted by molar-refractivity contribution is -0.121. The van der Waals surface area contributed by atoms with Crippen LogP contribution in [-0.2, 0) is 10.2 Å². The first-order chi connectivity index (χ1) is 8.99. The Labute approximate surface area is 119 Å². The summed E-state index contributed by atoms with van der Waals surface area (Å²) in [5, 5.41) is 3.05. The van der Waals surface area contributed by atoms with Crippen LogP contribution in [-0.4, -0.2) is 21.4 Å². The average Bonchev–Trinajstić information content (AvgIpc) is 2.29. The topological polar surface area (TPSA) is 119 Å². The van der Waals surface area contributed by atoms with Crippen LogP contribution < -0.4 is 22.3 Å². The number of carbonyl (C=O) groups is 1. The third kappa shape index (κ3) is 3.36. The molecule has 6 N–H and O–H groups in total. The third-order valence-corrected chi connectivity index (χ3v) is 3.00. The van der Waals surface area contributed by atoms with Crippen LogP contribution >= 0.6 is 0 Å². The van der Waals surface area contributed by atoms with E-state index in [2.05, 4.69) is 20.7 Å². The van der Waals surface area contributed by atoms with Gasteiger partial charge in [-0.15, -0.1) is 0 Å². The summed E-state index contributed by atoms with van der Waals surface area (Å²) >= 11 is 0. The van der Waals surface area contributed by atoms with E-state index >= 15 is 0 Å². The van der Waals surface area contributed by atoms with E-state index in [-0.39, 0.29) is 5.41 Å². The molecule has 0 aliphatic heterocycles. The zero-order valence-electron chi connectivity index (χ0n) is 13.0. The number of primary amides is 1. The Kier molecular flexibility index (Phi) is 4.24. The number of carbonyl (C=O) groups excluding carboxylic acids is 1. The quantitative estimate of drug-likeness (QED) is 0.483. The minimum atomic E-state index is -0.917. The predicted octanol–water partition coefficient (Wildman–Crippen LogP) is 1.04. The van der Waals surface area contributed by atoms with Crippen LogP contribution in [0.15, 0.2) is 0 Å². The summed E-state index contributed by atoms with van der Waals surface area (Å²) in [4.78, 5) is 20.3. The number of nitrogens with zero attached hydrogens (tertiary/aromatic N) is 2. The lowest BCUT2D eigenvalue weighted by Gasteiger charge is -2.26. The maximum absolute atomic E-state index is 11.4. The molecule has 0 atom stereocenters. The standard InChI is InChI=1S/C13H24N6O/c1-7-8(18-13(5,6)10(14)20)16-11(12(2,3)4)17-9(7)19-15/h15H2,1-6H3,(H2,14,20)(H2,16,17,18,19). The van der Waals surface area contributed by atoms with Gasteiger partial charge in [0.2, 0.25) is 5.91 Å². The third-order valence-electron chi connectivity index (χ3n) is 3.00. The number of amides is 1. The number of nitrogens with two attached hydrogens (primary N) is 2. The second kappa shape index (κ2) is 5.24. The van der Waals surface area contributed by atoms with Gasteiger partial charge in [0.15, 0.2) is 0 Å². The smallest absolute Gasteiger partial charge is 0.242 e. The van der Waals surface area contributed by atoms with E-state index in [9.17, 15) is 4.79 Å². The van der Waals surface area contributed by atoms with Gasteiger partial charge < -0.3 is 16.5 Å². The molecule has 0 bridgehead atoms. The molecule has 20 heavy (non-hydrogen) atoms. The molecule has 0 saturated heterocycles. The van der Waals surface area contributed by atoms with E-state index in [1.54, 1.807) is 13.8 Å². The molecule has 7 heteroatoms. The fourth-order valence-electron chi connectivity index (χ4n) is 1.47. The van der Waals surface area contributed by atoms with E-state index in [1.807, 2.05) is 27.7 Å². The molecule has 1 aromatic heterocycles. The Hall–Kier alpha value is -1.89. The molecular formula is C13H24N6O. The summed E-state index contributed by atoms with van der Waals surface area (Å²) in [6.07, 6.45) is 0. The van der Waals surface area contributed by atoms with E-state index < -0.39 is 11.4 Å². The second-order valence-corrected chi connectivity index (χ2v) is 6.38. The first-order valence-electron chi connectivity index (χ1n) is 6.43. The van der Waals surface area contributed by atoms with E-state index in [1.165, 1.54) is 0 Å².